The van der Waals surface area contributed by atoms with Crippen LogP contribution in [0.3, 0.4) is 0 Å². The summed E-state index contributed by atoms with van der Waals surface area (Å²) in [4.78, 5) is 0. The van der Waals surface area contributed by atoms with Crippen LogP contribution in [0.2, 0.25) is 0 Å². The first kappa shape index (κ1) is 17.7. The van der Waals surface area contributed by atoms with Gasteiger partial charge in [0.15, 0.2) is 0 Å². The lowest BCUT2D eigenvalue weighted by atomic mass is 9.51. The van der Waals surface area contributed by atoms with Gasteiger partial charge in [0.1, 0.15) is 0 Å². The van der Waals surface area contributed by atoms with Gasteiger partial charge < -0.3 is 10.6 Å². The summed E-state index contributed by atoms with van der Waals surface area (Å²) < 4.78 is 0. The molecule has 2 nitrogen and oxygen atoms in total. The van der Waals surface area contributed by atoms with Crippen LogP contribution in [-0.4, -0.2) is 24.7 Å². The molecule has 8 unspecified atom stereocenters. The molecule has 1 aliphatic carbocycles. The maximum Gasteiger partial charge on any atom is 0.0282 e. The van der Waals surface area contributed by atoms with Crippen molar-refractivity contribution in [1.29, 1.82) is 0 Å². The first-order valence-corrected chi connectivity index (χ1v) is 10.5. The van der Waals surface area contributed by atoms with Crippen LogP contribution in [0.4, 0.5) is 0 Å². The molecule has 2 aliphatic heterocycles. The maximum atomic E-state index is 4.10. The highest BCUT2D eigenvalue weighted by molar-refractivity contribution is 5.12. The molecule has 0 amide bonds. The number of piperidine rings is 2. The molecule has 3 aliphatic rings. The van der Waals surface area contributed by atoms with Crippen LogP contribution in [0.5, 0.6) is 0 Å². The largest absolute Gasteiger partial charge is 0.312 e. The predicted octanol–water partition coefficient (Wildman–Crippen LogP) is 4.59. The van der Waals surface area contributed by atoms with Crippen LogP contribution < -0.4 is 10.6 Å². The third-order valence-corrected chi connectivity index (χ3v) is 8.11. The Morgan fingerprint density at radius 1 is 1.04 bits per heavy atom. The summed E-state index contributed by atoms with van der Waals surface area (Å²) in [6.07, 6.45) is 9.82. The molecule has 3 fully saturated rings. The fraction of sp³-hybridized carbons (Fsp3) is 1.00. The Hall–Kier alpha value is -0.0800. The van der Waals surface area contributed by atoms with E-state index in [-0.39, 0.29) is 0 Å². The first-order chi connectivity index (χ1) is 11.0. The van der Waals surface area contributed by atoms with Crippen LogP contribution in [0.15, 0.2) is 0 Å². The van der Waals surface area contributed by atoms with Gasteiger partial charge in [0.05, 0.1) is 0 Å². The zero-order valence-corrected chi connectivity index (χ0v) is 16.2. The van der Waals surface area contributed by atoms with Gasteiger partial charge in [0.2, 0.25) is 0 Å². The SMILES string of the molecule is CCCC1C(C)C(C)NC2C1CCC1(CCC)C(C)CCNC21. The van der Waals surface area contributed by atoms with Crippen molar-refractivity contribution in [1.82, 2.24) is 10.6 Å². The highest BCUT2D eigenvalue weighted by Gasteiger charge is 2.56. The van der Waals surface area contributed by atoms with E-state index in [1.807, 2.05) is 0 Å². The topological polar surface area (TPSA) is 24.1 Å². The Bertz CT molecular complexity index is 395. The molecule has 1 saturated carbocycles. The molecule has 0 aromatic rings. The Morgan fingerprint density at radius 3 is 2.52 bits per heavy atom. The Kier molecular flexibility index (Phi) is 5.43. The van der Waals surface area contributed by atoms with Crippen LogP contribution in [0, 0.1) is 29.1 Å². The monoisotopic (exact) mass is 320 g/mol. The van der Waals surface area contributed by atoms with Crippen molar-refractivity contribution in [3.8, 4) is 0 Å². The third-order valence-electron chi connectivity index (χ3n) is 8.11. The first-order valence-electron chi connectivity index (χ1n) is 10.5. The Labute approximate surface area is 144 Å². The molecule has 2 heteroatoms. The highest BCUT2D eigenvalue weighted by atomic mass is 15.1. The van der Waals surface area contributed by atoms with Crippen molar-refractivity contribution in [2.45, 2.75) is 97.7 Å². The van der Waals surface area contributed by atoms with E-state index in [1.165, 1.54) is 51.5 Å². The quantitative estimate of drug-likeness (QED) is 0.791. The van der Waals surface area contributed by atoms with Crippen molar-refractivity contribution in [2.24, 2.45) is 29.1 Å². The van der Waals surface area contributed by atoms with Crippen molar-refractivity contribution >= 4 is 0 Å². The average molecular weight is 321 g/mol. The predicted molar refractivity (Wildman–Crippen MR) is 99.6 cm³/mol. The van der Waals surface area contributed by atoms with E-state index in [0.717, 1.165) is 23.7 Å². The molecule has 2 saturated heterocycles. The van der Waals surface area contributed by atoms with Gasteiger partial charge in [-0.2, -0.15) is 0 Å². The summed E-state index contributed by atoms with van der Waals surface area (Å²) in [7, 11) is 0. The molecule has 0 spiro atoms. The minimum absolute atomic E-state index is 0.554. The number of hydrogen-bond acceptors (Lipinski definition) is 2. The van der Waals surface area contributed by atoms with E-state index < -0.39 is 0 Å². The second kappa shape index (κ2) is 7.04. The molecule has 0 bridgehead atoms. The lowest BCUT2D eigenvalue weighted by Crippen LogP contribution is -2.71. The molecule has 2 N–H and O–H groups in total. The van der Waals surface area contributed by atoms with Crippen molar-refractivity contribution < 1.29 is 0 Å². The van der Waals surface area contributed by atoms with Gasteiger partial charge in [0, 0.05) is 18.1 Å². The van der Waals surface area contributed by atoms with Gasteiger partial charge in [-0.25, -0.2) is 0 Å². The van der Waals surface area contributed by atoms with E-state index in [2.05, 4.69) is 45.3 Å². The van der Waals surface area contributed by atoms with E-state index >= 15 is 0 Å². The van der Waals surface area contributed by atoms with Crippen LogP contribution in [-0.2, 0) is 0 Å². The normalized spacial score (nSPS) is 50.2. The summed E-state index contributed by atoms with van der Waals surface area (Å²) in [5, 5.41) is 8.11. The lowest BCUT2D eigenvalue weighted by molar-refractivity contribution is -0.0668. The second-order valence-corrected chi connectivity index (χ2v) is 9.10. The van der Waals surface area contributed by atoms with Crippen LogP contribution in [0.1, 0.15) is 79.6 Å². The minimum atomic E-state index is 0.554. The van der Waals surface area contributed by atoms with Crippen molar-refractivity contribution in [2.75, 3.05) is 6.54 Å². The maximum absolute atomic E-state index is 4.10. The van der Waals surface area contributed by atoms with Gasteiger partial charge >= 0.3 is 0 Å². The number of fused-ring (bicyclic) bond motifs is 3. The lowest BCUT2D eigenvalue weighted by Gasteiger charge is -2.61. The van der Waals surface area contributed by atoms with Crippen molar-refractivity contribution in [3.05, 3.63) is 0 Å². The molecule has 0 radical (unpaired) electrons. The highest BCUT2D eigenvalue weighted by Crippen LogP contribution is 2.54. The number of nitrogens with one attached hydrogen (secondary N) is 2. The molecule has 23 heavy (non-hydrogen) atoms. The average Bonchev–Trinajstić information content (AvgIpc) is 2.53. The zero-order valence-electron chi connectivity index (χ0n) is 16.2. The summed E-state index contributed by atoms with van der Waals surface area (Å²) in [5.41, 5.74) is 0.554. The number of hydrogen-bond donors (Lipinski definition) is 2. The fourth-order valence-corrected chi connectivity index (χ4v) is 6.72. The molecule has 0 aromatic heterocycles. The summed E-state index contributed by atoms with van der Waals surface area (Å²) >= 11 is 0. The van der Waals surface area contributed by atoms with E-state index in [0.29, 0.717) is 23.5 Å². The molecule has 0 aromatic carbocycles. The Balaban J connectivity index is 1.89. The standard InChI is InChI=1S/C21H40N2/c1-6-8-17-15(4)16(5)23-19-18(17)9-12-21(11-7-2)14(3)10-13-22-20(19)21/h14-20,22-23H,6-13H2,1-5H3. The molecular formula is C21H40N2. The number of rotatable bonds is 4. The second-order valence-electron chi connectivity index (χ2n) is 9.10. The van der Waals surface area contributed by atoms with E-state index in [4.69, 9.17) is 0 Å². The smallest absolute Gasteiger partial charge is 0.0282 e. The molecule has 2 heterocycles. The molecular weight excluding hydrogens is 280 g/mol. The van der Waals surface area contributed by atoms with Crippen molar-refractivity contribution in [3.63, 3.8) is 0 Å². The van der Waals surface area contributed by atoms with Crippen LogP contribution in [0.25, 0.3) is 0 Å². The van der Waals surface area contributed by atoms with E-state index in [9.17, 15) is 0 Å². The molecule has 3 rings (SSSR count). The fourth-order valence-electron chi connectivity index (χ4n) is 6.72. The van der Waals surface area contributed by atoms with Gasteiger partial charge in [-0.3, -0.25) is 0 Å². The van der Waals surface area contributed by atoms with E-state index in [1.54, 1.807) is 0 Å². The van der Waals surface area contributed by atoms with Gasteiger partial charge in [-0.1, -0.05) is 47.0 Å². The Morgan fingerprint density at radius 2 is 1.83 bits per heavy atom. The van der Waals surface area contributed by atoms with Crippen LogP contribution >= 0.6 is 0 Å². The minimum Gasteiger partial charge on any atom is -0.312 e. The molecule has 8 atom stereocenters. The van der Waals surface area contributed by atoms with Gasteiger partial charge in [0.25, 0.3) is 0 Å². The van der Waals surface area contributed by atoms with Gasteiger partial charge in [-0.05, 0) is 68.2 Å². The summed E-state index contributed by atoms with van der Waals surface area (Å²) in [6.45, 7) is 13.5. The zero-order chi connectivity index (χ0) is 16.6. The summed E-state index contributed by atoms with van der Waals surface area (Å²) in [6, 6.07) is 2.09. The third kappa shape index (κ3) is 2.88. The van der Waals surface area contributed by atoms with Gasteiger partial charge in [-0.15, -0.1) is 0 Å². The summed E-state index contributed by atoms with van der Waals surface area (Å²) in [5.74, 6) is 3.54. The molecule has 134 valence electrons.